The van der Waals surface area contributed by atoms with Crippen LogP contribution in [0, 0.1) is 12.7 Å². The molecule has 1 aliphatic rings. The fourth-order valence-electron chi connectivity index (χ4n) is 4.47. The van der Waals surface area contributed by atoms with Crippen molar-refractivity contribution in [3.05, 3.63) is 99.8 Å². The van der Waals surface area contributed by atoms with Crippen LogP contribution in [0.25, 0.3) is 16.3 Å². The summed E-state index contributed by atoms with van der Waals surface area (Å²) in [6, 6.07) is 19.8. The van der Waals surface area contributed by atoms with E-state index < -0.39 is 0 Å². The molecule has 0 aliphatic carbocycles. The number of halogens is 1. The fourth-order valence-corrected chi connectivity index (χ4v) is 5.54. The zero-order chi connectivity index (χ0) is 20.5. The highest BCUT2D eigenvalue weighted by Gasteiger charge is 2.25. The maximum atomic E-state index is 13.6. The van der Waals surface area contributed by atoms with Crippen molar-refractivity contribution in [2.45, 2.75) is 33.0 Å². The van der Waals surface area contributed by atoms with Crippen LogP contribution >= 0.6 is 11.3 Å². The molecule has 30 heavy (non-hydrogen) atoms. The molecule has 5 rings (SSSR count). The lowest BCUT2D eigenvalue weighted by Crippen LogP contribution is -2.30. The molecule has 0 bridgehead atoms. The smallest absolute Gasteiger partial charge is 0.123 e. The van der Waals surface area contributed by atoms with E-state index in [4.69, 9.17) is 0 Å². The number of thiophene rings is 1. The first kappa shape index (κ1) is 19.3. The highest BCUT2D eigenvalue weighted by atomic mass is 32.1. The van der Waals surface area contributed by atoms with E-state index in [9.17, 15) is 4.39 Å². The summed E-state index contributed by atoms with van der Waals surface area (Å²) in [6.07, 6.45) is 5.50. The predicted molar refractivity (Wildman–Crippen MR) is 124 cm³/mol. The van der Waals surface area contributed by atoms with Crippen molar-refractivity contribution in [2.24, 2.45) is 0 Å². The monoisotopic (exact) mass is 416 g/mol. The van der Waals surface area contributed by atoms with Crippen LogP contribution in [0.5, 0.6) is 0 Å². The molecule has 0 amide bonds. The quantitative estimate of drug-likeness (QED) is 0.364. The number of aryl methyl sites for hydroxylation is 1. The van der Waals surface area contributed by atoms with Crippen LogP contribution in [-0.2, 0) is 26.1 Å². The van der Waals surface area contributed by atoms with Crippen LogP contribution in [0.4, 0.5) is 4.39 Å². The normalized spacial score (nSPS) is 14.6. The maximum absolute atomic E-state index is 13.6. The number of nitrogens with zero attached hydrogens (tertiary/aromatic N) is 2. The molecular formula is C26H25FN2S. The van der Waals surface area contributed by atoms with Gasteiger partial charge in [-0.15, -0.1) is 11.3 Å². The highest BCUT2D eigenvalue weighted by Crippen LogP contribution is 2.37. The van der Waals surface area contributed by atoms with Crippen molar-refractivity contribution < 1.29 is 4.39 Å². The first-order valence-corrected chi connectivity index (χ1v) is 11.3. The van der Waals surface area contributed by atoms with Crippen molar-refractivity contribution in [1.29, 1.82) is 0 Å². The predicted octanol–water partition coefficient (Wildman–Crippen LogP) is 6.42. The van der Waals surface area contributed by atoms with Gasteiger partial charge in [-0.3, -0.25) is 4.90 Å². The Bertz CT molecular complexity index is 1200. The van der Waals surface area contributed by atoms with Gasteiger partial charge >= 0.3 is 0 Å². The van der Waals surface area contributed by atoms with E-state index in [1.165, 1.54) is 38.0 Å². The zero-order valence-corrected chi connectivity index (χ0v) is 18.0. The minimum atomic E-state index is -0.155. The second-order valence-electron chi connectivity index (χ2n) is 8.01. The van der Waals surface area contributed by atoms with Crippen LogP contribution in [0.2, 0.25) is 0 Å². The second-order valence-corrected chi connectivity index (χ2v) is 9.27. The summed E-state index contributed by atoms with van der Waals surface area (Å²) >= 11 is 1.90. The van der Waals surface area contributed by atoms with Gasteiger partial charge in [-0.1, -0.05) is 54.6 Å². The van der Waals surface area contributed by atoms with E-state index in [0.29, 0.717) is 0 Å². The largest absolute Gasteiger partial charge is 0.340 e. The number of fused-ring (bicyclic) bond motifs is 3. The number of aromatic nitrogens is 1. The molecule has 4 aromatic rings. The van der Waals surface area contributed by atoms with E-state index in [2.05, 4.69) is 58.9 Å². The average Bonchev–Trinajstić information content (AvgIpc) is 3.25. The fraction of sp³-hybridized carbons (Fsp3) is 0.231. The second kappa shape index (κ2) is 8.21. The first-order valence-electron chi connectivity index (χ1n) is 10.5. The molecule has 0 spiro atoms. The SMILES string of the molecule is Cc1cc2c(s1)c1c(n2CC=Cc2ccccc2)CCN(Cc2cccc(F)c2)C1. The molecule has 0 N–H and O–H groups in total. The lowest BCUT2D eigenvalue weighted by atomic mass is 10.1. The molecule has 0 unspecified atom stereocenters. The van der Waals surface area contributed by atoms with E-state index in [1.807, 2.05) is 23.5 Å². The Kier molecular flexibility index (Phi) is 5.28. The topological polar surface area (TPSA) is 8.17 Å². The van der Waals surface area contributed by atoms with Crippen LogP contribution < -0.4 is 0 Å². The number of rotatable bonds is 5. The molecule has 152 valence electrons. The Hall–Kier alpha value is -2.69. The minimum Gasteiger partial charge on any atom is -0.340 e. The standard InChI is InChI=1S/C26H25FN2S/c1-19-15-25-26(30-19)23-18-28(17-21-9-5-11-22(27)16-21)14-12-24(23)29(25)13-6-10-20-7-3-2-4-8-20/h2-11,15-16H,12-14,17-18H2,1H3. The molecule has 3 heterocycles. The van der Waals surface area contributed by atoms with Gasteiger partial charge in [0.05, 0.1) is 10.2 Å². The van der Waals surface area contributed by atoms with Crippen molar-refractivity contribution in [3.8, 4) is 0 Å². The molecule has 0 atom stereocenters. The third kappa shape index (κ3) is 3.85. The average molecular weight is 417 g/mol. The van der Waals surface area contributed by atoms with Gasteiger partial charge in [-0.2, -0.15) is 0 Å². The summed E-state index contributed by atoms with van der Waals surface area (Å²) in [7, 11) is 0. The Morgan fingerprint density at radius 3 is 2.77 bits per heavy atom. The molecule has 1 aliphatic heterocycles. The summed E-state index contributed by atoms with van der Waals surface area (Å²) in [5.41, 5.74) is 6.55. The molecule has 2 aromatic carbocycles. The number of benzene rings is 2. The van der Waals surface area contributed by atoms with Gasteiger partial charge in [0.15, 0.2) is 0 Å². The van der Waals surface area contributed by atoms with Gasteiger partial charge in [0.1, 0.15) is 5.82 Å². The zero-order valence-electron chi connectivity index (χ0n) is 17.1. The Balaban J connectivity index is 1.42. The Morgan fingerprint density at radius 1 is 1.07 bits per heavy atom. The summed E-state index contributed by atoms with van der Waals surface area (Å²) < 4.78 is 17.5. The Morgan fingerprint density at radius 2 is 1.93 bits per heavy atom. The summed E-state index contributed by atoms with van der Waals surface area (Å²) in [5, 5.41) is 0. The van der Waals surface area contributed by atoms with Gasteiger partial charge in [0, 0.05) is 48.7 Å². The molecule has 0 saturated carbocycles. The van der Waals surface area contributed by atoms with Crippen LogP contribution in [-0.4, -0.2) is 16.0 Å². The van der Waals surface area contributed by atoms with Crippen LogP contribution in [0.15, 0.2) is 66.7 Å². The Labute approximate surface area is 180 Å². The molecule has 2 aromatic heterocycles. The van der Waals surface area contributed by atoms with E-state index in [-0.39, 0.29) is 5.82 Å². The van der Waals surface area contributed by atoms with Gasteiger partial charge < -0.3 is 4.57 Å². The van der Waals surface area contributed by atoms with Crippen LogP contribution in [0.1, 0.15) is 27.3 Å². The molecule has 4 heteroatoms. The van der Waals surface area contributed by atoms with Gasteiger partial charge in [0.25, 0.3) is 0 Å². The third-order valence-electron chi connectivity index (χ3n) is 5.81. The lowest BCUT2D eigenvalue weighted by molar-refractivity contribution is 0.243. The molecule has 0 saturated heterocycles. The number of hydrogen-bond acceptors (Lipinski definition) is 2. The van der Waals surface area contributed by atoms with Gasteiger partial charge in [-0.05, 0) is 36.2 Å². The highest BCUT2D eigenvalue weighted by molar-refractivity contribution is 7.19. The molecule has 0 fully saturated rings. The van der Waals surface area contributed by atoms with Gasteiger partial charge in [-0.25, -0.2) is 4.39 Å². The molecule has 2 nitrogen and oxygen atoms in total. The van der Waals surface area contributed by atoms with Crippen molar-refractivity contribution >= 4 is 27.6 Å². The first-order chi connectivity index (χ1) is 14.7. The molecule has 0 radical (unpaired) electrons. The summed E-state index contributed by atoms with van der Waals surface area (Å²) in [5.74, 6) is -0.155. The van der Waals surface area contributed by atoms with Gasteiger partial charge in [0.2, 0.25) is 0 Å². The lowest BCUT2D eigenvalue weighted by Gasteiger charge is -2.28. The molecular weight excluding hydrogens is 391 g/mol. The maximum Gasteiger partial charge on any atom is 0.123 e. The van der Waals surface area contributed by atoms with E-state index in [0.717, 1.165) is 38.2 Å². The summed E-state index contributed by atoms with van der Waals surface area (Å²) in [4.78, 5) is 3.79. The van der Waals surface area contributed by atoms with E-state index in [1.54, 1.807) is 12.1 Å². The third-order valence-corrected chi connectivity index (χ3v) is 6.91. The van der Waals surface area contributed by atoms with Crippen molar-refractivity contribution in [3.63, 3.8) is 0 Å². The van der Waals surface area contributed by atoms with Crippen LogP contribution in [0.3, 0.4) is 0 Å². The number of allylic oxidation sites excluding steroid dienone is 1. The van der Waals surface area contributed by atoms with E-state index >= 15 is 0 Å². The van der Waals surface area contributed by atoms with Crippen molar-refractivity contribution in [1.82, 2.24) is 9.47 Å². The summed E-state index contributed by atoms with van der Waals surface area (Å²) in [6.45, 7) is 5.80. The minimum absolute atomic E-state index is 0.155. The number of hydrogen-bond donors (Lipinski definition) is 0. The van der Waals surface area contributed by atoms with Crippen molar-refractivity contribution in [2.75, 3.05) is 6.54 Å².